The molecule has 0 bridgehead atoms. The number of nitrogens with one attached hydrogen (secondary N) is 1. The minimum absolute atomic E-state index is 0.0506. The summed E-state index contributed by atoms with van der Waals surface area (Å²) in [4.78, 5) is 10.9. The summed E-state index contributed by atoms with van der Waals surface area (Å²) in [5.41, 5.74) is 0.386. The highest BCUT2D eigenvalue weighted by Crippen LogP contribution is 2.17. The maximum atomic E-state index is 12.9. The van der Waals surface area contributed by atoms with Crippen molar-refractivity contribution in [3.05, 3.63) is 29.6 Å². The third-order valence-corrected chi connectivity index (χ3v) is 2.61. The van der Waals surface area contributed by atoms with Crippen LogP contribution in [-0.4, -0.2) is 29.3 Å². The van der Waals surface area contributed by atoms with Crippen molar-refractivity contribution in [1.29, 1.82) is 0 Å². The Bertz CT molecular complexity index is 396. The van der Waals surface area contributed by atoms with Gasteiger partial charge in [0.2, 0.25) is 0 Å². The molecule has 0 aliphatic heterocycles. The lowest BCUT2D eigenvalue weighted by atomic mass is 10.1. The molecule has 0 saturated carbocycles. The van der Waals surface area contributed by atoms with Crippen molar-refractivity contribution in [2.45, 2.75) is 25.7 Å². The first-order chi connectivity index (χ1) is 8.65. The molecule has 3 N–H and O–H groups in total. The van der Waals surface area contributed by atoms with Crippen LogP contribution in [0.1, 0.15) is 36.0 Å². The fourth-order valence-corrected chi connectivity index (χ4v) is 1.66. The molecule has 5 heteroatoms. The van der Waals surface area contributed by atoms with E-state index in [2.05, 4.69) is 5.32 Å². The monoisotopic (exact) mass is 255 g/mol. The molecular weight excluding hydrogens is 237 g/mol. The first-order valence-corrected chi connectivity index (χ1v) is 6.02. The highest BCUT2D eigenvalue weighted by molar-refractivity contribution is 5.94. The molecule has 0 fully saturated rings. The Morgan fingerprint density at radius 3 is 2.61 bits per heavy atom. The van der Waals surface area contributed by atoms with Gasteiger partial charge < -0.3 is 15.5 Å². The van der Waals surface area contributed by atoms with E-state index in [0.717, 1.165) is 31.7 Å². The molecule has 0 saturated heterocycles. The standard InChI is InChI=1S/C13H18FNO3/c14-10-5-6-12(11(9-10)13(17)18)15-7-3-1-2-4-8-16/h5-6,9,15-16H,1-4,7-8H2,(H,17,18). The summed E-state index contributed by atoms with van der Waals surface area (Å²) >= 11 is 0. The van der Waals surface area contributed by atoms with Crippen LogP contribution in [0.25, 0.3) is 0 Å². The lowest BCUT2D eigenvalue weighted by Crippen LogP contribution is -2.08. The van der Waals surface area contributed by atoms with Crippen LogP contribution < -0.4 is 5.32 Å². The van der Waals surface area contributed by atoms with Crippen LogP contribution in [-0.2, 0) is 0 Å². The molecule has 0 aliphatic carbocycles. The van der Waals surface area contributed by atoms with Crippen molar-refractivity contribution in [1.82, 2.24) is 0 Å². The van der Waals surface area contributed by atoms with Crippen LogP contribution in [0, 0.1) is 5.82 Å². The first-order valence-electron chi connectivity index (χ1n) is 6.02. The van der Waals surface area contributed by atoms with Gasteiger partial charge in [-0.25, -0.2) is 9.18 Å². The number of hydrogen-bond donors (Lipinski definition) is 3. The third-order valence-electron chi connectivity index (χ3n) is 2.61. The average molecular weight is 255 g/mol. The number of carbonyl (C=O) groups is 1. The van der Waals surface area contributed by atoms with Crippen molar-refractivity contribution in [3.63, 3.8) is 0 Å². The zero-order chi connectivity index (χ0) is 13.4. The number of benzene rings is 1. The molecule has 18 heavy (non-hydrogen) atoms. The van der Waals surface area contributed by atoms with Crippen LogP contribution in [0.4, 0.5) is 10.1 Å². The smallest absolute Gasteiger partial charge is 0.337 e. The second-order valence-electron chi connectivity index (χ2n) is 4.06. The summed E-state index contributed by atoms with van der Waals surface area (Å²) < 4.78 is 12.9. The Morgan fingerprint density at radius 1 is 1.22 bits per heavy atom. The molecule has 1 aromatic rings. The number of carboxylic acids is 1. The maximum Gasteiger partial charge on any atom is 0.337 e. The van der Waals surface area contributed by atoms with Crippen LogP contribution in [0.15, 0.2) is 18.2 Å². The van der Waals surface area contributed by atoms with E-state index in [0.29, 0.717) is 12.2 Å². The molecular formula is C13H18FNO3. The third kappa shape index (κ3) is 4.71. The van der Waals surface area contributed by atoms with Crippen molar-refractivity contribution in [2.75, 3.05) is 18.5 Å². The van der Waals surface area contributed by atoms with Gasteiger partial charge in [-0.1, -0.05) is 12.8 Å². The minimum Gasteiger partial charge on any atom is -0.478 e. The van der Waals surface area contributed by atoms with E-state index in [9.17, 15) is 9.18 Å². The largest absolute Gasteiger partial charge is 0.478 e. The van der Waals surface area contributed by atoms with Crippen molar-refractivity contribution < 1.29 is 19.4 Å². The topological polar surface area (TPSA) is 69.6 Å². The van der Waals surface area contributed by atoms with E-state index in [-0.39, 0.29) is 12.2 Å². The van der Waals surface area contributed by atoms with Gasteiger partial charge in [-0.2, -0.15) is 0 Å². The summed E-state index contributed by atoms with van der Waals surface area (Å²) in [7, 11) is 0. The molecule has 0 heterocycles. The molecule has 1 aromatic carbocycles. The van der Waals surface area contributed by atoms with Crippen LogP contribution >= 0.6 is 0 Å². The van der Waals surface area contributed by atoms with Gasteiger partial charge in [-0.3, -0.25) is 0 Å². The lowest BCUT2D eigenvalue weighted by Gasteiger charge is -2.09. The second kappa shape index (κ2) is 7.66. The molecule has 0 aromatic heterocycles. The summed E-state index contributed by atoms with van der Waals surface area (Å²) in [6.45, 7) is 0.839. The number of aliphatic hydroxyl groups is 1. The van der Waals surface area contributed by atoms with E-state index < -0.39 is 11.8 Å². The molecule has 1 rings (SSSR count). The number of aliphatic hydroxyl groups excluding tert-OH is 1. The molecule has 100 valence electrons. The Labute approximate surface area is 105 Å². The fourth-order valence-electron chi connectivity index (χ4n) is 1.66. The lowest BCUT2D eigenvalue weighted by molar-refractivity contribution is 0.0697. The van der Waals surface area contributed by atoms with Gasteiger partial charge in [0, 0.05) is 18.8 Å². The van der Waals surface area contributed by atoms with Crippen LogP contribution in [0.5, 0.6) is 0 Å². The first kappa shape index (κ1) is 14.4. The number of rotatable bonds is 8. The molecule has 0 aliphatic rings. The number of anilines is 1. The maximum absolute atomic E-state index is 12.9. The van der Waals surface area contributed by atoms with E-state index in [4.69, 9.17) is 10.2 Å². The highest BCUT2D eigenvalue weighted by Gasteiger charge is 2.10. The zero-order valence-corrected chi connectivity index (χ0v) is 10.2. The Balaban J connectivity index is 2.44. The van der Waals surface area contributed by atoms with Gasteiger partial charge in [0.1, 0.15) is 5.82 Å². The number of aromatic carboxylic acids is 1. The summed E-state index contributed by atoms with van der Waals surface area (Å²) in [5.74, 6) is -1.70. The molecule has 4 nitrogen and oxygen atoms in total. The van der Waals surface area contributed by atoms with E-state index in [1.54, 1.807) is 0 Å². The number of unbranched alkanes of at least 4 members (excludes halogenated alkanes) is 3. The quantitative estimate of drug-likeness (QED) is 0.624. The summed E-state index contributed by atoms with van der Waals surface area (Å²) in [5, 5.41) is 20.5. The summed E-state index contributed by atoms with van der Waals surface area (Å²) in [6.07, 6.45) is 3.60. The van der Waals surface area contributed by atoms with Gasteiger partial charge in [-0.15, -0.1) is 0 Å². The van der Waals surface area contributed by atoms with Crippen molar-refractivity contribution in [2.24, 2.45) is 0 Å². The minimum atomic E-state index is -1.14. The van der Waals surface area contributed by atoms with E-state index in [1.807, 2.05) is 0 Å². The van der Waals surface area contributed by atoms with Crippen LogP contribution in [0.2, 0.25) is 0 Å². The SMILES string of the molecule is O=C(O)c1cc(F)ccc1NCCCCCCO. The fraction of sp³-hybridized carbons (Fsp3) is 0.462. The van der Waals surface area contributed by atoms with Gasteiger partial charge in [0.05, 0.1) is 5.56 Å². The van der Waals surface area contributed by atoms with Crippen LogP contribution in [0.3, 0.4) is 0 Å². The molecule has 0 amide bonds. The van der Waals surface area contributed by atoms with Crippen molar-refractivity contribution in [3.8, 4) is 0 Å². The van der Waals surface area contributed by atoms with Gasteiger partial charge in [-0.05, 0) is 31.0 Å². The predicted octanol–water partition coefficient (Wildman–Crippen LogP) is 2.49. The van der Waals surface area contributed by atoms with Gasteiger partial charge >= 0.3 is 5.97 Å². The molecule has 0 radical (unpaired) electrons. The highest BCUT2D eigenvalue weighted by atomic mass is 19.1. The normalized spacial score (nSPS) is 10.3. The average Bonchev–Trinajstić information content (AvgIpc) is 2.35. The number of carboxylic acid groups (broad SMARTS) is 1. The number of halogens is 1. The van der Waals surface area contributed by atoms with E-state index >= 15 is 0 Å². The van der Waals surface area contributed by atoms with E-state index in [1.165, 1.54) is 12.1 Å². The zero-order valence-electron chi connectivity index (χ0n) is 10.2. The second-order valence-corrected chi connectivity index (χ2v) is 4.06. The molecule has 0 atom stereocenters. The Hall–Kier alpha value is -1.62. The Morgan fingerprint density at radius 2 is 1.94 bits per heavy atom. The predicted molar refractivity (Wildman–Crippen MR) is 67.4 cm³/mol. The number of hydrogen-bond acceptors (Lipinski definition) is 3. The molecule has 0 spiro atoms. The molecule has 0 unspecified atom stereocenters. The van der Waals surface area contributed by atoms with Crippen molar-refractivity contribution >= 4 is 11.7 Å². The Kier molecular flexibility index (Phi) is 6.14. The van der Waals surface area contributed by atoms with Gasteiger partial charge in [0.25, 0.3) is 0 Å². The van der Waals surface area contributed by atoms with Gasteiger partial charge in [0.15, 0.2) is 0 Å². The summed E-state index contributed by atoms with van der Waals surface area (Å²) in [6, 6.07) is 3.68.